The number of hydrogen-bond donors (Lipinski definition) is 3. The normalized spacial score (nSPS) is 15.6. The van der Waals surface area contributed by atoms with Gasteiger partial charge in [0, 0.05) is 48.4 Å². The topological polar surface area (TPSA) is 91.4 Å². The van der Waals surface area contributed by atoms with Crippen LogP contribution in [0.5, 0.6) is 11.5 Å². The van der Waals surface area contributed by atoms with Crippen LogP contribution in [0.1, 0.15) is 19.4 Å². The van der Waals surface area contributed by atoms with Gasteiger partial charge >= 0.3 is 0 Å². The molecule has 4 N–H and O–H groups in total. The largest absolute Gasteiger partial charge is 0.454 e. The van der Waals surface area contributed by atoms with Gasteiger partial charge in [0.2, 0.25) is 0 Å². The van der Waals surface area contributed by atoms with Gasteiger partial charge < -0.3 is 20.7 Å². The zero-order chi connectivity index (χ0) is 22.0. The summed E-state index contributed by atoms with van der Waals surface area (Å²) in [4.78, 5) is 13.9. The van der Waals surface area contributed by atoms with E-state index in [2.05, 4.69) is 5.32 Å². The molecule has 156 valence electrons. The summed E-state index contributed by atoms with van der Waals surface area (Å²) in [6.45, 7) is 3.82. The molecule has 0 radical (unpaired) electrons. The summed E-state index contributed by atoms with van der Waals surface area (Å²) >= 11 is 0. The Morgan fingerprint density at radius 3 is 2.53 bits per heavy atom. The fourth-order valence-corrected chi connectivity index (χ4v) is 2.87. The second kappa shape index (κ2) is 8.36. The van der Waals surface area contributed by atoms with Crippen LogP contribution in [0.25, 0.3) is 5.57 Å². The highest BCUT2D eigenvalue weighted by molar-refractivity contribution is 6.41. The monoisotopic (exact) mass is 412 g/mol. The van der Waals surface area contributed by atoms with Crippen LogP contribution in [0.4, 0.5) is 14.5 Å². The highest BCUT2D eigenvalue weighted by Crippen LogP contribution is 2.36. The van der Waals surface area contributed by atoms with Crippen LogP contribution in [0.15, 0.2) is 54.4 Å². The smallest absolute Gasteiger partial charge is 0.261 e. The van der Waals surface area contributed by atoms with Crippen LogP contribution >= 0.6 is 0 Å². The molecular formula is C22H22F2N4O2. The number of likely N-dealkylation sites (N-methyl/N-ethyl adjacent to an activating group) is 1. The predicted molar refractivity (Wildman–Crippen MR) is 112 cm³/mol. The molecule has 1 aliphatic heterocycles. The summed E-state index contributed by atoms with van der Waals surface area (Å²) < 4.78 is 33.0. The quantitative estimate of drug-likeness (QED) is 0.510. The standard InChI is InChI=1S/C22H22F2N4O2/c1-12(2)27-10-16-21(26)17(11-28(3)22(16)29)15-9-14(25)5-7-19(15)30-20-6-4-13(23)8-18(20)24/h4-12,26-27H,25H2,1-3H3/b16-10+,26-21?. The number of allylic oxidation sites excluding steroid dienone is 1. The number of ether oxygens (including phenoxy) is 1. The van der Waals surface area contributed by atoms with Crippen molar-refractivity contribution >= 4 is 22.9 Å². The van der Waals surface area contributed by atoms with E-state index in [0.717, 1.165) is 12.1 Å². The summed E-state index contributed by atoms with van der Waals surface area (Å²) in [6, 6.07) is 7.74. The minimum atomic E-state index is -0.862. The summed E-state index contributed by atoms with van der Waals surface area (Å²) in [7, 11) is 1.57. The van der Waals surface area contributed by atoms with Crippen molar-refractivity contribution in [1.29, 1.82) is 5.41 Å². The Morgan fingerprint density at radius 2 is 1.87 bits per heavy atom. The summed E-state index contributed by atoms with van der Waals surface area (Å²) in [6.07, 6.45) is 3.01. The maximum atomic E-state index is 14.1. The molecule has 0 atom stereocenters. The van der Waals surface area contributed by atoms with Gasteiger partial charge in [0.05, 0.1) is 11.3 Å². The number of nitrogens with zero attached hydrogens (tertiary/aromatic N) is 1. The van der Waals surface area contributed by atoms with Gasteiger partial charge in [-0.05, 0) is 44.2 Å². The lowest BCUT2D eigenvalue weighted by Gasteiger charge is -2.26. The van der Waals surface area contributed by atoms with E-state index in [1.165, 1.54) is 29.4 Å². The van der Waals surface area contributed by atoms with E-state index >= 15 is 0 Å². The number of anilines is 1. The third-order valence-corrected chi connectivity index (χ3v) is 4.38. The molecule has 0 aliphatic carbocycles. The number of nitrogens with one attached hydrogen (secondary N) is 2. The van der Waals surface area contributed by atoms with Crippen LogP contribution < -0.4 is 15.8 Å². The maximum absolute atomic E-state index is 14.1. The molecule has 30 heavy (non-hydrogen) atoms. The van der Waals surface area contributed by atoms with Gasteiger partial charge in [0.15, 0.2) is 11.6 Å². The molecule has 6 nitrogen and oxygen atoms in total. The molecule has 2 aromatic rings. The lowest BCUT2D eigenvalue weighted by Crippen LogP contribution is -2.34. The summed E-state index contributed by atoms with van der Waals surface area (Å²) in [5, 5.41) is 11.6. The Kier molecular flexibility index (Phi) is 5.86. The zero-order valence-corrected chi connectivity index (χ0v) is 16.8. The number of hydrogen-bond acceptors (Lipinski definition) is 5. The lowest BCUT2D eigenvalue weighted by atomic mass is 9.92. The lowest BCUT2D eigenvalue weighted by molar-refractivity contribution is -0.123. The van der Waals surface area contributed by atoms with E-state index in [-0.39, 0.29) is 34.7 Å². The molecule has 0 fully saturated rings. The van der Waals surface area contributed by atoms with Crippen molar-refractivity contribution in [2.24, 2.45) is 0 Å². The molecule has 0 saturated heterocycles. The van der Waals surface area contributed by atoms with Crippen LogP contribution in [0.2, 0.25) is 0 Å². The molecule has 0 spiro atoms. The number of carbonyl (C=O) groups is 1. The van der Waals surface area contributed by atoms with Crippen LogP contribution in [0.3, 0.4) is 0 Å². The van der Waals surface area contributed by atoms with E-state index in [4.69, 9.17) is 15.9 Å². The van der Waals surface area contributed by atoms with Gasteiger partial charge in [-0.3, -0.25) is 10.2 Å². The van der Waals surface area contributed by atoms with E-state index in [0.29, 0.717) is 16.8 Å². The molecule has 8 heteroatoms. The van der Waals surface area contributed by atoms with Crippen molar-refractivity contribution in [2.45, 2.75) is 19.9 Å². The van der Waals surface area contributed by atoms with Gasteiger partial charge in [-0.2, -0.15) is 0 Å². The molecule has 0 saturated carbocycles. The second-order valence-corrected chi connectivity index (χ2v) is 7.15. The summed E-state index contributed by atoms with van der Waals surface area (Å²) in [5.74, 6) is -1.88. The molecule has 1 aliphatic rings. The molecule has 0 aromatic heterocycles. The van der Waals surface area contributed by atoms with E-state index in [1.54, 1.807) is 19.2 Å². The van der Waals surface area contributed by atoms with Crippen molar-refractivity contribution in [3.8, 4) is 11.5 Å². The fourth-order valence-electron chi connectivity index (χ4n) is 2.87. The highest BCUT2D eigenvalue weighted by atomic mass is 19.1. The number of halogens is 2. The molecule has 3 rings (SSSR count). The molecule has 1 heterocycles. The van der Waals surface area contributed by atoms with Crippen LogP contribution in [0, 0.1) is 17.0 Å². The van der Waals surface area contributed by atoms with Crippen molar-refractivity contribution in [2.75, 3.05) is 12.8 Å². The number of nitrogen functional groups attached to an aromatic ring is 1. The van der Waals surface area contributed by atoms with Gasteiger partial charge in [-0.15, -0.1) is 0 Å². The number of benzene rings is 2. The van der Waals surface area contributed by atoms with Gasteiger partial charge in [-0.25, -0.2) is 8.78 Å². The molecule has 1 amide bonds. The van der Waals surface area contributed by atoms with Gasteiger partial charge in [0.1, 0.15) is 11.6 Å². The highest BCUT2D eigenvalue weighted by Gasteiger charge is 2.29. The first kappa shape index (κ1) is 21.0. The molecular weight excluding hydrogens is 390 g/mol. The van der Waals surface area contributed by atoms with E-state index in [9.17, 15) is 13.6 Å². The van der Waals surface area contributed by atoms with Crippen molar-refractivity contribution in [1.82, 2.24) is 10.2 Å². The fraction of sp³-hybridized carbons (Fsp3) is 0.182. The van der Waals surface area contributed by atoms with Crippen molar-refractivity contribution < 1.29 is 18.3 Å². The Hall–Kier alpha value is -3.68. The average molecular weight is 412 g/mol. The number of rotatable bonds is 5. The summed E-state index contributed by atoms with van der Waals surface area (Å²) in [5.41, 5.74) is 7.25. The molecule has 0 bridgehead atoms. The minimum Gasteiger partial charge on any atom is -0.454 e. The van der Waals surface area contributed by atoms with E-state index < -0.39 is 11.6 Å². The molecule has 0 unspecified atom stereocenters. The Bertz CT molecular complexity index is 1080. The second-order valence-electron chi connectivity index (χ2n) is 7.15. The van der Waals surface area contributed by atoms with Crippen molar-refractivity contribution in [3.05, 3.63) is 71.6 Å². The number of amides is 1. The number of nitrogens with two attached hydrogens (primary N) is 1. The molecule has 2 aromatic carbocycles. The Balaban J connectivity index is 2.07. The minimum absolute atomic E-state index is 0.0266. The SMILES string of the molecule is CC(C)N/C=C1\C(=N)C(c2cc(N)ccc2Oc2ccc(F)cc2F)=CN(C)C1=O. The average Bonchev–Trinajstić information content (AvgIpc) is 2.68. The van der Waals surface area contributed by atoms with Crippen LogP contribution in [-0.4, -0.2) is 29.6 Å². The number of carbonyl (C=O) groups excluding carboxylic acids is 1. The zero-order valence-electron chi connectivity index (χ0n) is 16.8. The Morgan fingerprint density at radius 1 is 1.17 bits per heavy atom. The van der Waals surface area contributed by atoms with E-state index in [1.807, 2.05) is 13.8 Å². The first-order valence-electron chi connectivity index (χ1n) is 9.24. The third kappa shape index (κ3) is 4.32. The van der Waals surface area contributed by atoms with Crippen molar-refractivity contribution in [3.63, 3.8) is 0 Å². The first-order valence-corrected chi connectivity index (χ1v) is 9.24. The first-order chi connectivity index (χ1) is 14.2. The van der Waals surface area contributed by atoms with Crippen LogP contribution in [-0.2, 0) is 4.79 Å². The predicted octanol–water partition coefficient (Wildman–Crippen LogP) is 4.05. The third-order valence-electron chi connectivity index (χ3n) is 4.38. The van der Waals surface area contributed by atoms with Gasteiger partial charge in [-0.1, -0.05) is 0 Å². The van der Waals surface area contributed by atoms with Gasteiger partial charge in [0.25, 0.3) is 5.91 Å². The Labute approximate surface area is 173 Å². The maximum Gasteiger partial charge on any atom is 0.261 e.